The Bertz CT molecular complexity index is 6330. The summed E-state index contributed by atoms with van der Waals surface area (Å²) in [4.78, 5) is 106. The Labute approximate surface area is 772 Å². The number of hydrogen-bond donors (Lipinski definition) is 8. The molecule has 0 spiro atoms. The Morgan fingerprint density at radius 2 is 0.664 bits per heavy atom. The molecule has 4 aliphatic rings. The number of carbonyl (C=O) groups excluding carboxylic acids is 4. The summed E-state index contributed by atoms with van der Waals surface area (Å²) in [7, 11) is -32.1. The molecule has 8 atom stereocenters. The van der Waals surface area contributed by atoms with Crippen molar-refractivity contribution in [3.63, 3.8) is 0 Å². The molecule has 8 heterocycles. The van der Waals surface area contributed by atoms with Gasteiger partial charge in [-0.2, -0.15) is 0 Å². The van der Waals surface area contributed by atoms with Gasteiger partial charge in [-0.05, 0) is 137 Å². The van der Waals surface area contributed by atoms with Crippen molar-refractivity contribution in [3.05, 3.63) is 193 Å². The van der Waals surface area contributed by atoms with Crippen LogP contribution < -0.4 is 40.2 Å². The van der Waals surface area contributed by atoms with E-state index in [2.05, 4.69) is 40.6 Å². The Kier molecular flexibility index (Phi) is 37.3. The van der Waals surface area contributed by atoms with Crippen molar-refractivity contribution in [2.75, 3.05) is 44.3 Å². The summed E-state index contributed by atoms with van der Waals surface area (Å²) in [6.07, 6.45) is -2.52. The summed E-state index contributed by atoms with van der Waals surface area (Å²) < 4.78 is 224. The number of thioether (sulfide) groups is 1. The minimum absolute atomic E-state index is 0.00123. The van der Waals surface area contributed by atoms with Gasteiger partial charge in [0.15, 0.2) is 39.3 Å². The van der Waals surface area contributed by atoms with Crippen molar-refractivity contribution < 1.29 is 140 Å². The van der Waals surface area contributed by atoms with Crippen LogP contribution in [0.1, 0.15) is 161 Å². The van der Waals surface area contributed by atoms with Gasteiger partial charge in [0.1, 0.15) is 79.9 Å². The summed E-state index contributed by atoms with van der Waals surface area (Å²) in [5, 5.41) is 47.1. The van der Waals surface area contributed by atoms with Crippen LogP contribution >= 0.6 is 57.1 Å². The quantitative estimate of drug-likeness (QED) is 0.00805. The lowest BCUT2D eigenvalue weighted by atomic mass is 10.1. The number of sulfonamides is 4. The average molecular weight is 2090 g/mol. The maximum Gasteiger partial charge on any atom is 0.421 e. The maximum absolute atomic E-state index is 12.8. The van der Waals surface area contributed by atoms with E-state index in [9.17, 15) is 127 Å². The number of benzene rings is 3. The van der Waals surface area contributed by atoms with E-state index in [1.807, 2.05) is 32.4 Å². The Morgan fingerprint density at radius 1 is 0.382 bits per heavy atom. The number of nitrogens with zero attached hydrogens (tertiary/aromatic N) is 4. The molecule has 4 amide bonds. The zero-order valence-corrected chi connectivity index (χ0v) is 80.9. The first kappa shape index (κ1) is 107. The van der Waals surface area contributed by atoms with Gasteiger partial charge in [0.25, 0.3) is 60.4 Å². The molecule has 131 heavy (non-hydrogen) atoms. The van der Waals surface area contributed by atoms with E-state index in [0.29, 0.717) is 153 Å². The van der Waals surface area contributed by atoms with Crippen LogP contribution in [0.25, 0.3) is 0 Å². The van der Waals surface area contributed by atoms with Crippen molar-refractivity contribution in [2.45, 2.75) is 200 Å². The fourth-order valence-corrected chi connectivity index (χ4v) is 33.3. The lowest BCUT2D eigenvalue weighted by Crippen LogP contribution is -2.33. The van der Waals surface area contributed by atoms with E-state index in [4.69, 9.17) is 14.2 Å². The van der Waals surface area contributed by atoms with Gasteiger partial charge in [-0.25, -0.2) is 101 Å². The van der Waals surface area contributed by atoms with Gasteiger partial charge in [0.2, 0.25) is 5.91 Å². The number of thiophene rings is 4. The van der Waals surface area contributed by atoms with Crippen molar-refractivity contribution in [2.24, 2.45) is 0 Å². The molecule has 8 N–H and O–H groups in total. The highest BCUT2D eigenvalue weighted by atomic mass is 32.3. The second-order valence-corrected chi connectivity index (χ2v) is 51.8. The number of nitrogens with one attached hydrogen (secondary N) is 8. The second-order valence-electron chi connectivity index (χ2n) is 28.6. The fourth-order valence-electron chi connectivity index (χ4n) is 13.0. The van der Waals surface area contributed by atoms with E-state index in [0.717, 1.165) is 11.8 Å². The molecule has 3 aromatic carbocycles. The first-order valence-corrected chi connectivity index (χ1v) is 55.3. The number of carbonyl (C=O) groups is 4. The smallest absolute Gasteiger partial charge is 0.421 e. The van der Waals surface area contributed by atoms with Crippen molar-refractivity contribution >= 4 is 161 Å². The Hall–Kier alpha value is -9.67. The highest BCUT2D eigenvalue weighted by Crippen LogP contribution is 2.47. The van der Waals surface area contributed by atoms with Gasteiger partial charge in [-0.1, -0.05) is 100 Å². The molecule has 4 aromatic heterocycles. The molecule has 0 fully saturated rings. The molecule has 722 valence electrons. The van der Waals surface area contributed by atoms with E-state index in [-0.39, 0.29) is 116 Å². The van der Waals surface area contributed by atoms with Crippen molar-refractivity contribution in [3.8, 4) is 0 Å². The van der Waals surface area contributed by atoms with Crippen LogP contribution in [-0.2, 0) is 157 Å². The number of amides is 4. The van der Waals surface area contributed by atoms with Crippen molar-refractivity contribution in [1.29, 1.82) is 0 Å². The molecule has 4 aliphatic heterocycles. The molecular weight excluding hydrogens is 2000 g/mol. The minimum Gasteiger partial charge on any atom is -0.444 e. The standard InChI is InChI=1S/3C19H23N3O9S3.C14H21N3O8S4/c1-3-20-16-8-12(2)33(26,27)18-15(16)9-17(32-18)34(28,29)21-19(23)30-10-13-4-6-14(7-5-13)11-31-22(24)25;1-3-20-16-7-12(2)33(26,27)18-15(16)9-17(32-18)34(28,29)21-19(23)30-10-13-5-4-6-14(8-13)11-31-22(24)25;1-3-20-16-8-12(2)33(26,27)18-15(16)9-17(32-18)34(28,29)21-19(23)30-10-13-6-4-5-7-14(13)11-31-22(24)25;1-3-15-11-6-9(2)28(21,22)14-10(11)7-13(27-14)29(23,24)16-12(18)8-26-5-4-25-17(19)20/h4-7,9,12,16,20H,3,8,10-11H2,1-2H3,(H,21,23);4-6,8-9,12,16,20H,3,7,10-11H2,1-2H3,(H,21,23);4-7,9,12,16,20H,3,8,10-11H2,1-2H3,(H,21,23);7,9,11,15H,3-6,8H2,1-2H3,(H,16,18)/t3*12?,16-;9?,11-/m0000/s1. The molecular formula is C71H90N12O35S13. The maximum atomic E-state index is 12.8. The minimum atomic E-state index is -4.41. The predicted molar refractivity (Wildman–Crippen MR) is 470 cm³/mol. The van der Waals surface area contributed by atoms with E-state index < -0.39 is 145 Å². The first-order chi connectivity index (χ1) is 61.3. The van der Waals surface area contributed by atoms with Crippen LogP contribution in [0.3, 0.4) is 0 Å². The molecule has 0 aliphatic carbocycles. The van der Waals surface area contributed by atoms with Gasteiger partial charge in [-0.3, -0.25) is 4.79 Å². The van der Waals surface area contributed by atoms with Crippen LogP contribution in [0.4, 0.5) is 14.4 Å². The average Bonchev–Trinajstić information content (AvgIpc) is 1.62. The molecule has 11 rings (SSSR count). The number of ether oxygens (including phenoxy) is 3. The van der Waals surface area contributed by atoms with Gasteiger partial charge >= 0.3 is 18.3 Å². The zero-order chi connectivity index (χ0) is 97.1. The van der Waals surface area contributed by atoms with Gasteiger partial charge in [0.05, 0.1) is 26.8 Å². The lowest BCUT2D eigenvalue weighted by Gasteiger charge is -2.27. The van der Waals surface area contributed by atoms with E-state index in [1.54, 1.807) is 90.4 Å². The molecule has 4 unspecified atom stereocenters. The summed E-state index contributed by atoms with van der Waals surface area (Å²) in [6.45, 7) is 14.0. The van der Waals surface area contributed by atoms with Crippen LogP contribution in [0.15, 0.2) is 131 Å². The predicted octanol–water partition coefficient (Wildman–Crippen LogP) is 7.58. The third-order valence-corrected chi connectivity index (χ3v) is 43.1. The molecule has 0 saturated carbocycles. The monoisotopic (exact) mass is 2090 g/mol. The second kappa shape index (κ2) is 45.8. The highest BCUT2D eigenvalue weighted by molar-refractivity contribution is 8.00. The van der Waals surface area contributed by atoms with E-state index in [1.165, 1.54) is 48.5 Å². The van der Waals surface area contributed by atoms with Crippen LogP contribution in [0.2, 0.25) is 0 Å². The van der Waals surface area contributed by atoms with Crippen LogP contribution in [0.5, 0.6) is 0 Å². The fraction of sp³-hybridized carbons (Fsp3) is 0.465. The zero-order valence-electron chi connectivity index (χ0n) is 70.3. The summed E-state index contributed by atoms with van der Waals surface area (Å²) in [6, 6.07) is 22.5. The molecule has 0 radical (unpaired) electrons. The third-order valence-electron chi connectivity index (χ3n) is 19.4. The molecule has 7 aromatic rings. The SMILES string of the molecule is CCN[C@H]1CC(C)S(=O)(=O)c2sc(S(=O)(=O)NC(=O)CSCCO[N+](=O)[O-])cc21.CCN[C@H]1CC(C)S(=O)(=O)c2sc(S(=O)(=O)NC(=O)OCc3ccc(CO[N+](=O)[O-])cc3)cc21.CCN[C@H]1CC(C)S(=O)(=O)c2sc(S(=O)(=O)NC(=O)OCc3cccc(CO[N+](=O)[O-])c3)cc21.CCN[C@H]1CC(C)S(=O)(=O)c2sc(S(=O)(=O)NC(=O)OCc3ccccc3CO[N+](=O)[O-])cc21. The van der Waals surface area contributed by atoms with E-state index >= 15 is 0 Å². The highest BCUT2D eigenvalue weighted by Gasteiger charge is 2.45. The summed E-state index contributed by atoms with van der Waals surface area (Å²) in [5.41, 5.74) is 4.22. The third kappa shape index (κ3) is 28.5. The molecule has 0 bridgehead atoms. The van der Waals surface area contributed by atoms with Crippen molar-refractivity contribution in [1.82, 2.24) is 40.2 Å². The first-order valence-electron chi connectivity index (χ1n) is 38.8. The number of sulfone groups is 4. The molecule has 0 saturated heterocycles. The molecule has 47 nitrogen and oxygen atoms in total. The van der Waals surface area contributed by atoms with Crippen LogP contribution in [0, 0.1) is 40.5 Å². The number of rotatable bonds is 37. The summed E-state index contributed by atoms with van der Waals surface area (Å²) >= 11 is 3.37. The number of hydrogen-bond acceptors (Lipinski definition) is 44. The summed E-state index contributed by atoms with van der Waals surface area (Å²) in [5.74, 6) is -0.940. The van der Waals surface area contributed by atoms with Gasteiger partial charge in [0, 0.05) is 52.2 Å². The van der Waals surface area contributed by atoms with Gasteiger partial charge < -0.3 is 54.8 Å². The van der Waals surface area contributed by atoms with Gasteiger partial charge in [-0.15, -0.1) is 97.6 Å². The Morgan fingerprint density at radius 3 is 0.992 bits per heavy atom. The number of fused-ring (bicyclic) bond motifs is 4. The normalized spacial score (nSPS) is 19.5. The van der Waals surface area contributed by atoms with Crippen LogP contribution in [-0.4, -0.2) is 177 Å². The Balaban J connectivity index is 0.000000216. The largest absolute Gasteiger partial charge is 0.444 e. The topological polar surface area (TPSA) is 675 Å². The lowest BCUT2D eigenvalue weighted by molar-refractivity contribution is -0.763. The molecule has 60 heteroatoms.